The van der Waals surface area contributed by atoms with E-state index in [-0.39, 0.29) is 0 Å². The zero-order chi connectivity index (χ0) is 17.0. The van der Waals surface area contributed by atoms with Gasteiger partial charge in [0, 0.05) is 0 Å². The van der Waals surface area contributed by atoms with E-state index in [9.17, 15) is 0 Å². The first-order valence-corrected chi connectivity index (χ1v) is 7.95. The fourth-order valence-electron chi connectivity index (χ4n) is 2.20. The third kappa shape index (κ3) is 5.58. The maximum atomic E-state index is 3.69. The zero-order valence-electron chi connectivity index (χ0n) is 13.8. The minimum absolute atomic E-state index is 1.14. The van der Waals surface area contributed by atoms with Crippen LogP contribution in [0.1, 0.15) is 22.3 Å². The van der Waals surface area contributed by atoms with E-state index in [1.807, 2.05) is 72.8 Å². The molecule has 0 spiro atoms. The smallest absolute Gasteiger partial charge is 0.0190 e. The monoisotopic (exact) mass is 310 g/mol. The Bertz CT molecular complexity index is 712. The second-order valence-corrected chi connectivity index (χ2v) is 5.19. The van der Waals surface area contributed by atoms with Crippen LogP contribution in [0.25, 0.3) is 24.3 Å². The summed E-state index contributed by atoms with van der Waals surface area (Å²) in [4.78, 5) is 0. The molecule has 0 saturated heterocycles. The Morgan fingerprint density at radius 1 is 0.458 bits per heavy atom. The Morgan fingerprint density at radius 3 is 1.12 bits per heavy atom. The standard InChI is InChI=1S/C14H12.C10H10/c1-3-7-13(8-4-1)11-12-14-9-5-2-6-10-14;1-3-9-7-5-6-8-10(9)4-2/h1-12H;3-8H,1-2H2/b12-11+;. The molecule has 3 aromatic carbocycles. The van der Waals surface area contributed by atoms with Crippen LogP contribution in [0, 0.1) is 0 Å². The van der Waals surface area contributed by atoms with Gasteiger partial charge < -0.3 is 0 Å². The van der Waals surface area contributed by atoms with Gasteiger partial charge >= 0.3 is 0 Å². The summed E-state index contributed by atoms with van der Waals surface area (Å²) in [6.07, 6.45) is 7.90. The van der Waals surface area contributed by atoms with Gasteiger partial charge in [-0.25, -0.2) is 0 Å². The minimum Gasteiger partial charge on any atom is -0.0984 e. The van der Waals surface area contributed by atoms with Crippen molar-refractivity contribution in [1.29, 1.82) is 0 Å². The van der Waals surface area contributed by atoms with Crippen molar-refractivity contribution < 1.29 is 0 Å². The molecule has 0 radical (unpaired) electrons. The minimum atomic E-state index is 1.14. The lowest BCUT2D eigenvalue weighted by atomic mass is 10.1. The van der Waals surface area contributed by atoms with Crippen LogP contribution < -0.4 is 0 Å². The highest BCUT2D eigenvalue weighted by atomic mass is 13.9. The zero-order valence-corrected chi connectivity index (χ0v) is 13.8. The highest BCUT2D eigenvalue weighted by molar-refractivity contribution is 5.69. The average molecular weight is 310 g/mol. The van der Waals surface area contributed by atoms with Crippen LogP contribution in [-0.4, -0.2) is 0 Å². The van der Waals surface area contributed by atoms with E-state index in [0.29, 0.717) is 0 Å². The molecular formula is C24H22. The van der Waals surface area contributed by atoms with Gasteiger partial charge in [0.15, 0.2) is 0 Å². The third-order valence-corrected chi connectivity index (χ3v) is 3.50. The number of hydrogen-bond acceptors (Lipinski definition) is 0. The molecule has 118 valence electrons. The van der Waals surface area contributed by atoms with Gasteiger partial charge in [-0.05, 0) is 22.3 Å². The third-order valence-electron chi connectivity index (χ3n) is 3.50. The molecule has 0 fully saturated rings. The lowest BCUT2D eigenvalue weighted by Crippen LogP contribution is -1.76. The van der Waals surface area contributed by atoms with Crippen molar-refractivity contribution in [3.63, 3.8) is 0 Å². The Morgan fingerprint density at radius 2 is 0.792 bits per heavy atom. The summed E-state index contributed by atoms with van der Waals surface area (Å²) < 4.78 is 0. The first kappa shape index (κ1) is 17.2. The van der Waals surface area contributed by atoms with Crippen molar-refractivity contribution in [3.05, 3.63) is 120 Å². The van der Waals surface area contributed by atoms with Gasteiger partial charge in [-0.15, -0.1) is 0 Å². The molecule has 24 heavy (non-hydrogen) atoms. The molecule has 0 unspecified atom stereocenters. The summed E-state index contributed by atoms with van der Waals surface area (Å²) in [6.45, 7) is 7.38. The Labute approximate surface area is 145 Å². The van der Waals surface area contributed by atoms with Crippen molar-refractivity contribution in [2.24, 2.45) is 0 Å². The van der Waals surface area contributed by atoms with Gasteiger partial charge in [-0.2, -0.15) is 0 Å². The Hall–Kier alpha value is -3.12. The normalized spacial score (nSPS) is 9.83. The van der Waals surface area contributed by atoms with Crippen molar-refractivity contribution in [2.45, 2.75) is 0 Å². The molecule has 0 saturated carbocycles. The molecule has 0 aliphatic rings. The van der Waals surface area contributed by atoms with Crippen molar-refractivity contribution >= 4 is 24.3 Å². The van der Waals surface area contributed by atoms with Crippen LogP contribution in [0.5, 0.6) is 0 Å². The molecule has 3 aromatic rings. The highest BCUT2D eigenvalue weighted by Gasteiger charge is 1.89. The molecule has 0 amide bonds. The predicted molar refractivity (Wildman–Crippen MR) is 108 cm³/mol. The predicted octanol–water partition coefficient (Wildman–Crippen LogP) is 6.83. The van der Waals surface area contributed by atoms with E-state index in [1.165, 1.54) is 11.1 Å². The summed E-state index contributed by atoms with van der Waals surface area (Å²) >= 11 is 0. The molecule has 0 heteroatoms. The first-order valence-electron chi connectivity index (χ1n) is 7.95. The first-order chi connectivity index (χ1) is 11.8. The maximum Gasteiger partial charge on any atom is -0.0190 e. The summed E-state index contributed by atoms with van der Waals surface area (Å²) in [6, 6.07) is 28.6. The number of hydrogen-bond donors (Lipinski definition) is 0. The molecule has 0 aromatic heterocycles. The molecule has 0 heterocycles. The average Bonchev–Trinajstić information content (AvgIpc) is 2.68. The van der Waals surface area contributed by atoms with Crippen LogP contribution in [0.15, 0.2) is 98.1 Å². The van der Waals surface area contributed by atoms with E-state index in [2.05, 4.69) is 49.6 Å². The van der Waals surface area contributed by atoms with Gasteiger partial charge in [-0.3, -0.25) is 0 Å². The summed E-state index contributed by atoms with van der Waals surface area (Å²) in [5, 5.41) is 0. The SMILES string of the molecule is C(=C\c1ccccc1)/c1ccccc1.C=Cc1ccccc1C=C. The highest BCUT2D eigenvalue weighted by Crippen LogP contribution is 2.10. The van der Waals surface area contributed by atoms with Gasteiger partial charge in [0.1, 0.15) is 0 Å². The lowest BCUT2D eigenvalue weighted by molar-refractivity contribution is 1.62. The second kappa shape index (κ2) is 9.81. The van der Waals surface area contributed by atoms with Crippen LogP contribution in [0.3, 0.4) is 0 Å². The van der Waals surface area contributed by atoms with Crippen LogP contribution >= 0.6 is 0 Å². The van der Waals surface area contributed by atoms with E-state index >= 15 is 0 Å². The van der Waals surface area contributed by atoms with E-state index in [4.69, 9.17) is 0 Å². The molecule has 0 aliphatic carbocycles. The number of rotatable bonds is 4. The van der Waals surface area contributed by atoms with E-state index in [1.54, 1.807) is 0 Å². The maximum absolute atomic E-state index is 3.69. The van der Waals surface area contributed by atoms with Gasteiger partial charge in [0.2, 0.25) is 0 Å². The Balaban J connectivity index is 0.000000185. The van der Waals surface area contributed by atoms with Gasteiger partial charge in [-0.1, -0.05) is 122 Å². The molecule has 0 aliphatic heterocycles. The fourth-order valence-corrected chi connectivity index (χ4v) is 2.20. The van der Waals surface area contributed by atoms with Crippen molar-refractivity contribution in [1.82, 2.24) is 0 Å². The number of benzene rings is 3. The van der Waals surface area contributed by atoms with Gasteiger partial charge in [0.05, 0.1) is 0 Å². The topological polar surface area (TPSA) is 0 Å². The Kier molecular flexibility index (Phi) is 7.04. The lowest BCUT2D eigenvalue weighted by Gasteiger charge is -1.96. The second-order valence-electron chi connectivity index (χ2n) is 5.19. The van der Waals surface area contributed by atoms with Gasteiger partial charge in [0.25, 0.3) is 0 Å². The molecule has 0 bridgehead atoms. The molecular weight excluding hydrogens is 288 g/mol. The largest absolute Gasteiger partial charge is 0.0984 e. The molecule has 3 rings (SSSR count). The van der Waals surface area contributed by atoms with Crippen LogP contribution in [0.4, 0.5) is 0 Å². The summed E-state index contributed by atoms with van der Waals surface area (Å²) in [7, 11) is 0. The molecule has 0 nitrogen and oxygen atoms in total. The van der Waals surface area contributed by atoms with Crippen molar-refractivity contribution in [2.75, 3.05) is 0 Å². The van der Waals surface area contributed by atoms with Crippen molar-refractivity contribution in [3.8, 4) is 0 Å². The molecule has 0 N–H and O–H groups in total. The fraction of sp³-hybridized carbons (Fsp3) is 0. The van der Waals surface area contributed by atoms with E-state index in [0.717, 1.165) is 11.1 Å². The molecule has 0 atom stereocenters. The summed E-state index contributed by atoms with van der Waals surface area (Å²) in [5.41, 5.74) is 4.74. The quantitative estimate of drug-likeness (QED) is 0.463. The summed E-state index contributed by atoms with van der Waals surface area (Å²) in [5.74, 6) is 0. The van der Waals surface area contributed by atoms with Crippen LogP contribution in [0.2, 0.25) is 0 Å². The van der Waals surface area contributed by atoms with Crippen LogP contribution in [-0.2, 0) is 0 Å². The van der Waals surface area contributed by atoms with E-state index < -0.39 is 0 Å².